The Labute approximate surface area is 144 Å². The van der Waals surface area contributed by atoms with Crippen molar-refractivity contribution in [1.82, 2.24) is 20.0 Å². The summed E-state index contributed by atoms with van der Waals surface area (Å²) in [6.45, 7) is 3.76. The van der Waals surface area contributed by atoms with Crippen molar-refractivity contribution in [2.45, 2.75) is 6.54 Å². The van der Waals surface area contributed by atoms with Crippen LogP contribution in [0, 0.1) is 5.21 Å². The molecule has 128 valence electrons. The van der Waals surface area contributed by atoms with Gasteiger partial charge >= 0.3 is 0 Å². The van der Waals surface area contributed by atoms with Gasteiger partial charge in [0, 0.05) is 49.3 Å². The van der Waals surface area contributed by atoms with Crippen molar-refractivity contribution in [3.63, 3.8) is 0 Å². The maximum absolute atomic E-state index is 12.0. The van der Waals surface area contributed by atoms with Gasteiger partial charge in [0.25, 0.3) is 5.69 Å². The molecule has 3 aromatic rings. The van der Waals surface area contributed by atoms with Gasteiger partial charge in [0.2, 0.25) is 11.6 Å². The Morgan fingerprint density at radius 1 is 1.00 bits per heavy atom. The molecule has 8 heteroatoms. The maximum Gasteiger partial charge on any atom is 0.252 e. The molecule has 2 aromatic heterocycles. The third kappa shape index (κ3) is 3.29. The first-order valence-corrected chi connectivity index (χ1v) is 8.19. The summed E-state index contributed by atoms with van der Waals surface area (Å²) in [5.74, 6) is 0.746. The van der Waals surface area contributed by atoms with Gasteiger partial charge in [-0.15, -0.1) is 0 Å². The van der Waals surface area contributed by atoms with Crippen molar-refractivity contribution in [1.29, 1.82) is 0 Å². The van der Waals surface area contributed by atoms with Crippen LogP contribution in [0.1, 0.15) is 5.69 Å². The van der Waals surface area contributed by atoms with Crippen LogP contribution in [0.4, 0.5) is 5.95 Å². The van der Waals surface area contributed by atoms with E-state index in [0.717, 1.165) is 37.7 Å². The molecule has 0 aliphatic carbocycles. The molecule has 3 heterocycles. The number of aromatic nitrogens is 4. The van der Waals surface area contributed by atoms with Gasteiger partial charge in [-0.05, 0) is 11.0 Å². The molecular formula is C17H18N6O2. The molecule has 25 heavy (non-hydrogen) atoms. The molecule has 0 unspecified atom stereocenters. The van der Waals surface area contributed by atoms with Crippen LogP contribution in [-0.2, 0) is 6.54 Å². The van der Waals surface area contributed by atoms with Crippen LogP contribution in [0.25, 0.3) is 11.3 Å². The van der Waals surface area contributed by atoms with Gasteiger partial charge in [-0.25, -0.2) is 9.97 Å². The van der Waals surface area contributed by atoms with Crippen LogP contribution in [0.15, 0.2) is 53.4 Å². The van der Waals surface area contributed by atoms with Crippen LogP contribution in [-0.4, -0.2) is 46.2 Å². The molecule has 1 aliphatic heterocycles. The number of piperazine rings is 1. The summed E-state index contributed by atoms with van der Waals surface area (Å²) in [4.78, 5) is 13.4. The Morgan fingerprint density at radius 3 is 2.44 bits per heavy atom. The summed E-state index contributed by atoms with van der Waals surface area (Å²) in [6.07, 6.45) is 3.50. The second-order valence-electron chi connectivity index (χ2n) is 5.90. The van der Waals surface area contributed by atoms with E-state index in [2.05, 4.69) is 24.9 Å². The first-order valence-electron chi connectivity index (χ1n) is 8.19. The lowest BCUT2D eigenvalue weighted by Crippen LogP contribution is -2.47. The number of benzene rings is 1. The average Bonchev–Trinajstić information content (AvgIpc) is 3.04. The van der Waals surface area contributed by atoms with Crippen LogP contribution in [0.5, 0.6) is 0 Å². The Balaban J connectivity index is 1.45. The molecule has 1 aromatic carbocycles. The zero-order valence-corrected chi connectivity index (χ0v) is 13.7. The van der Waals surface area contributed by atoms with E-state index >= 15 is 0 Å². The van der Waals surface area contributed by atoms with Crippen molar-refractivity contribution in [2.24, 2.45) is 0 Å². The lowest BCUT2D eigenvalue weighted by Gasteiger charge is -2.33. The fourth-order valence-electron chi connectivity index (χ4n) is 2.99. The number of hydrogen-bond donors (Lipinski definition) is 0. The maximum atomic E-state index is 12.0. The highest BCUT2D eigenvalue weighted by molar-refractivity contribution is 5.59. The molecule has 0 amide bonds. The van der Waals surface area contributed by atoms with E-state index in [-0.39, 0.29) is 0 Å². The summed E-state index contributed by atoms with van der Waals surface area (Å²) in [7, 11) is 0. The largest absolute Gasteiger partial charge is 0.359 e. The smallest absolute Gasteiger partial charge is 0.252 e. The molecule has 0 N–H and O–H groups in total. The van der Waals surface area contributed by atoms with Crippen LogP contribution < -0.4 is 9.80 Å². The van der Waals surface area contributed by atoms with Crippen LogP contribution >= 0.6 is 0 Å². The van der Waals surface area contributed by atoms with Crippen molar-refractivity contribution in [3.8, 4) is 11.3 Å². The molecule has 0 radical (unpaired) electrons. The van der Waals surface area contributed by atoms with E-state index in [4.69, 9.17) is 4.63 Å². The number of anilines is 1. The van der Waals surface area contributed by atoms with E-state index in [9.17, 15) is 5.21 Å². The predicted molar refractivity (Wildman–Crippen MR) is 90.4 cm³/mol. The number of rotatable bonds is 4. The normalized spacial score (nSPS) is 15.4. The van der Waals surface area contributed by atoms with Gasteiger partial charge in [-0.3, -0.25) is 9.53 Å². The SMILES string of the molecule is [O-][n+]1onc(-c2ccccc2)c1CN1CCN(c2ncccn2)CC1. The summed E-state index contributed by atoms with van der Waals surface area (Å²) in [5.41, 5.74) is 2.02. The predicted octanol–water partition coefficient (Wildman–Crippen LogP) is 1.09. The topological polar surface area (TPSA) is 85.2 Å². The second kappa shape index (κ2) is 6.86. The molecule has 0 bridgehead atoms. The van der Waals surface area contributed by atoms with E-state index in [1.807, 2.05) is 36.4 Å². The van der Waals surface area contributed by atoms with Crippen molar-refractivity contribution >= 4 is 5.95 Å². The molecule has 4 rings (SSSR count). The van der Waals surface area contributed by atoms with Crippen molar-refractivity contribution in [3.05, 3.63) is 59.7 Å². The highest BCUT2D eigenvalue weighted by Gasteiger charge is 2.26. The van der Waals surface area contributed by atoms with Gasteiger partial charge in [0.15, 0.2) is 0 Å². The van der Waals surface area contributed by atoms with Gasteiger partial charge in [0.05, 0.1) is 6.54 Å². The molecule has 1 fully saturated rings. The summed E-state index contributed by atoms with van der Waals surface area (Å²) >= 11 is 0. The molecule has 8 nitrogen and oxygen atoms in total. The third-order valence-electron chi connectivity index (χ3n) is 4.33. The minimum Gasteiger partial charge on any atom is -0.359 e. The Bertz CT molecular complexity index is 816. The summed E-state index contributed by atoms with van der Waals surface area (Å²) in [6, 6.07) is 11.4. The first-order chi connectivity index (χ1) is 12.3. The molecule has 0 spiro atoms. The van der Waals surface area contributed by atoms with Crippen LogP contribution in [0.2, 0.25) is 0 Å². The van der Waals surface area contributed by atoms with Gasteiger partial charge in [-0.2, -0.15) is 0 Å². The van der Waals surface area contributed by atoms with Gasteiger partial charge in [-0.1, -0.05) is 30.3 Å². The number of nitrogens with zero attached hydrogens (tertiary/aromatic N) is 6. The molecule has 1 saturated heterocycles. The third-order valence-corrected chi connectivity index (χ3v) is 4.33. The summed E-state index contributed by atoms with van der Waals surface area (Å²) < 4.78 is 4.84. The highest BCUT2D eigenvalue weighted by atomic mass is 16.8. The lowest BCUT2D eigenvalue weighted by atomic mass is 10.1. The minimum atomic E-state index is 0.501. The van der Waals surface area contributed by atoms with Crippen LogP contribution in [0.3, 0.4) is 0 Å². The zero-order chi connectivity index (χ0) is 17.1. The minimum absolute atomic E-state index is 0.501. The first kappa shape index (κ1) is 15.5. The standard InChI is InChI=1S/C17H18N6O2/c24-23-15(16(20-25-23)14-5-2-1-3-6-14)13-21-9-11-22(12-10-21)17-18-7-4-8-19-17/h1-8H,9-13H2. The quantitative estimate of drug-likeness (QED) is 0.658. The Hall–Kier alpha value is -3.00. The van der Waals surface area contributed by atoms with Crippen molar-refractivity contribution in [2.75, 3.05) is 31.1 Å². The van der Waals surface area contributed by atoms with E-state index in [0.29, 0.717) is 22.8 Å². The molecule has 0 atom stereocenters. The average molecular weight is 338 g/mol. The monoisotopic (exact) mass is 338 g/mol. The van der Waals surface area contributed by atoms with Gasteiger partial charge in [0.1, 0.15) is 0 Å². The Morgan fingerprint density at radius 2 is 1.72 bits per heavy atom. The summed E-state index contributed by atoms with van der Waals surface area (Å²) in [5, 5.41) is 15.9. The second-order valence-corrected chi connectivity index (χ2v) is 5.90. The Kier molecular flexibility index (Phi) is 4.26. The fraction of sp³-hybridized carbons (Fsp3) is 0.294. The van der Waals surface area contributed by atoms with E-state index in [1.165, 1.54) is 0 Å². The van der Waals surface area contributed by atoms with Gasteiger partial charge < -0.3 is 10.1 Å². The molecular weight excluding hydrogens is 320 g/mol. The van der Waals surface area contributed by atoms with E-state index in [1.54, 1.807) is 12.4 Å². The molecule has 0 saturated carbocycles. The lowest BCUT2D eigenvalue weighted by molar-refractivity contribution is -0.808. The highest BCUT2D eigenvalue weighted by Crippen LogP contribution is 2.21. The van der Waals surface area contributed by atoms with Crippen molar-refractivity contribution < 1.29 is 9.53 Å². The fourth-order valence-corrected chi connectivity index (χ4v) is 2.99. The number of hydrogen-bond acceptors (Lipinski definition) is 7. The zero-order valence-electron chi connectivity index (χ0n) is 13.7. The molecule has 1 aliphatic rings. The van der Waals surface area contributed by atoms with E-state index < -0.39 is 0 Å².